The van der Waals surface area contributed by atoms with E-state index in [9.17, 15) is 8.78 Å². The normalized spacial score (nSPS) is 11.6. The Balaban J connectivity index is 2.10. The van der Waals surface area contributed by atoms with Crippen LogP contribution in [0.1, 0.15) is 30.4 Å². The van der Waals surface area contributed by atoms with E-state index < -0.39 is 6.61 Å². The van der Waals surface area contributed by atoms with Crippen molar-refractivity contribution in [3.05, 3.63) is 65.7 Å². The maximum Gasteiger partial charge on any atom is 0.387 e. The predicted molar refractivity (Wildman–Crippen MR) is 79.4 cm³/mol. The molecule has 2 rings (SSSR count). The van der Waals surface area contributed by atoms with Crippen molar-refractivity contribution in [1.82, 2.24) is 0 Å². The number of rotatable bonds is 4. The van der Waals surface area contributed by atoms with Crippen molar-refractivity contribution in [2.45, 2.75) is 25.9 Å². The first-order valence-electron chi connectivity index (χ1n) is 6.80. The third-order valence-corrected chi connectivity index (χ3v) is 3.08. The number of ether oxygens (including phenoxy) is 1. The van der Waals surface area contributed by atoms with E-state index in [4.69, 9.17) is 0 Å². The quantitative estimate of drug-likeness (QED) is 0.731. The van der Waals surface area contributed by atoms with Crippen LogP contribution in [0.4, 0.5) is 8.78 Å². The molecule has 0 aliphatic heterocycles. The molecule has 1 unspecified atom stereocenters. The van der Waals surface area contributed by atoms with Gasteiger partial charge in [0.15, 0.2) is 0 Å². The monoisotopic (exact) mass is 286 g/mol. The number of halogens is 2. The molecule has 0 heterocycles. The Morgan fingerprint density at radius 2 is 1.67 bits per heavy atom. The zero-order valence-corrected chi connectivity index (χ0v) is 11.7. The van der Waals surface area contributed by atoms with Gasteiger partial charge in [-0.05, 0) is 36.2 Å². The highest BCUT2D eigenvalue weighted by Crippen LogP contribution is 2.19. The highest BCUT2D eigenvalue weighted by molar-refractivity contribution is 5.40. The fourth-order valence-corrected chi connectivity index (χ4v) is 2.00. The molecule has 0 N–H and O–H groups in total. The minimum Gasteiger partial charge on any atom is -0.435 e. The Bertz CT molecular complexity index is 609. The molecule has 0 aliphatic rings. The molecular formula is C18H16F2O. The Labute approximate surface area is 123 Å². The highest BCUT2D eigenvalue weighted by Gasteiger charge is 2.05. The van der Waals surface area contributed by atoms with Gasteiger partial charge < -0.3 is 4.74 Å². The average Bonchev–Trinajstić information content (AvgIpc) is 2.50. The van der Waals surface area contributed by atoms with Gasteiger partial charge in [0.1, 0.15) is 5.75 Å². The van der Waals surface area contributed by atoms with Crippen molar-refractivity contribution < 1.29 is 13.5 Å². The fourth-order valence-electron chi connectivity index (χ4n) is 2.00. The summed E-state index contributed by atoms with van der Waals surface area (Å²) in [6.45, 7) is -0.712. The van der Waals surface area contributed by atoms with E-state index in [0.717, 1.165) is 12.0 Å². The average molecular weight is 286 g/mol. The van der Waals surface area contributed by atoms with Crippen molar-refractivity contribution in [3.63, 3.8) is 0 Å². The molecule has 0 radical (unpaired) electrons. The summed E-state index contributed by atoms with van der Waals surface area (Å²) in [7, 11) is 0. The maximum atomic E-state index is 12.1. The Morgan fingerprint density at radius 1 is 1.00 bits per heavy atom. The summed E-state index contributed by atoms with van der Waals surface area (Å²) in [5, 5.41) is 0. The Hall–Kier alpha value is -2.34. The van der Waals surface area contributed by atoms with E-state index in [1.165, 1.54) is 17.7 Å². The standard InChI is InChI=1S/C18H16F2O/c1-2-15(16-6-4-3-5-7-16)11-8-14-9-12-17(13-10-14)21-18(19)20/h3-7,9-10,12-13,15,18H,2H2,1H3. The maximum absolute atomic E-state index is 12.1. The van der Waals surface area contributed by atoms with Crippen LogP contribution >= 0.6 is 0 Å². The van der Waals surface area contributed by atoms with Crippen LogP contribution in [0.2, 0.25) is 0 Å². The van der Waals surface area contributed by atoms with E-state index in [-0.39, 0.29) is 11.7 Å². The Kier molecular flexibility index (Phi) is 5.34. The SMILES string of the molecule is CCC(C#Cc1ccc(OC(F)F)cc1)c1ccccc1. The zero-order valence-electron chi connectivity index (χ0n) is 11.7. The van der Waals surface area contributed by atoms with E-state index in [1.54, 1.807) is 12.1 Å². The molecule has 21 heavy (non-hydrogen) atoms. The molecule has 0 saturated carbocycles. The van der Waals surface area contributed by atoms with Crippen molar-refractivity contribution >= 4 is 0 Å². The molecular weight excluding hydrogens is 270 g/mol. The number of benzene rings is 2. The molecule has 0 spiro atoms. The van der Waals surface area contributed by atoms with Crippen LogP contribution in [0.5, 0.6) is 5.75 Å². The Morgan fingerprint density at radius 3 is 2.24 bits per heavy atom. The predicted octanol–water partition coefficient (Wildman–Crippen LogP) is 4.83. The molecule has 0 bridgehead atoms. The number of hydrogen-bond acceptors (Lipinski definition) is 1. The van der Waals surface area contributed by atoms with E-state index >= 15 is 0 Å². The van der Waals surface area contributed by atoms with Gasteiger partial charge in [0.25, 0.3) is 0 Å². The lowest BCUT2D eigenvalue weighted by molar-refractivity contribution is -0.0498. The third-order valence-electron chi connectivity index (χ3n) is 3.08. The molecule has 2 aromatic rings. The topological polar surface area (TPSA) is 9.23 Å². The van der Waals surface area contributed by atoms with E-state index in [2.05, 4.69) is 35.6 Å². The highest BCUT2D eigenvalue weighted by atomic mass is 19.3. The van der Waals surface area contributed by atoms with Crippen molar-refractivity contribution in [2.24, 2.45) is 0 Å². The van der Waals surface area contributed by atoms with E-state index in [0.29, 0.717) is 0 Å². The van der Waals surface area contributed by atoms with Crippen LogP contribution in [0.3, 0.4) is 0 Å². The van der Waals surface area contributed by atoms with E-state index in [1.807, 2.05) is 18.2 Å². The van der Waals surface area contributed by atoms with Gasteiger partial charge in [0.05, 0.1) is 0 Å². The summed E-state index contributed by atoms with van der Waals surface area (Å²) < 4.78 is 28.4. The first-order chi connectivity index (χ1) is 10.2. The fraction of sp³-hybridized carbons (Fsp3) is 0.222. The van der Waals surface area contributed by atoms with Crippen molar-refractivity contribution in [3.8, 4) is 17.6 Å². The van der Waals surface area contributed by atoms with Crippen molar-refractivity contribution in [1.29, 1.82) is 0 Å². The van der Waals surface area contributed by atoms with Gasteiger partial charge in [0.2, 0.25) is 0 Å². The summed E-state index contributed by atoms with van der Waals surface area (Å²) in [6, 6.07) is 16.5. The first kappa shape index (κ1) is 15.1. The van der Waals surface area contributed by atoms with Gasteiger partial charge in [-0.3, -0.25) is 0 Å². The van der Waals surface area contributed by atoms with Gasteiger partial charge in [0, 0.05) is 11.5 Å². The summed E-state index contributed by atoms with van der Waals surface area (Å²) in [4.78, 5) is 0. The smallest absolute Gasteiger partial charge is 0.387 e. The minimum absolute atomic E-state index is 0.144. The summed E-state index contributed by atoms with van der Waals surface area (Å²) in [5.74, 6) is 6.62. The second-order valence-electron chi connectivity index (χ2n) is 4.54. The van der Waals surface area contributed by atoms with Gasteiger partial charge >= 0.3 is 6.61 Å². The van der Waals surface area contributed by atoms with Crippen LogP contribution in [-0.4, -0.2) is 6.61 Å². The molecule has 3 heteroatoms. The first-order valence-corrected chi connectivity index (χ1v) is 6.80. The molecule has 1 atom stereocenters. The lowest BCUT2D eigenvalue weighted by Crippen LogP contribution is -2.01. The van der Waals surface area contributed by atoms with Gasteiger partial charge in [-0.15, -0.1) is 0 Å². The molecule has 2 aromatic carbocycles. The van der Waals surface area contributed by atoms with Crippen LogP contribution < -0.4 is 4.74 Å². The number of hydrogen-bond donors (Lipinski definition) is 0. The second-order valence-corrected chi connectivity index (χ2v) is 4.54. The molecule has 0 saturated heterocycles. The van der Waals surface area contributed by atoms with Gasteiger partial charge in [-0.25, -0.2) is 0 Å². The molecule has 0 fully saturated rings. The molecule has 108 valence electrons. The molecule has 1 nitrogen and oxygen atoms in total. The lowest BCUT2D eigenvalue weighted by atomic mass is 9.97. The van der Waals surface area contributed by atoms with Crippen LogP contribution in [0.25, 0.3) is 0 Å². The minimum atomic E-state index is -2.80. The molecule has 0 aromatic heterocycles. The van der Waals surface area contributed by atoms with Crippen LogP contribution in [0.15, 0.2) is 54.6 Å². The molecule has 0 amide bonds. The lowest BCUT2D eigenvalue weighted by Gasteiger charge is -2.07. The van der Waals surface area contributed by atoms with Gasteiger partial charge in [-0.2, -0.15) is 8.78 Å². The largest absolute Gasteiger partial charge is 0.435 e. The molecule has 0 aliphatic carbocycles. The second kappa shape index (κ2) is 7.44. The van der Waals surface area contributed by atoms with Crippen molar-refractivity contribution in [2.75, 3.05) is 0 Å². The zero-order chi connectivity index (χ0) is 15.1. The summed E-state index contributed by atoms with van der Waals surface area (Å²) in [6.07, 6.45) is 0.920. The van der Waals surface area contributed by atoms with Crippen LogP contribution in [-0.2, 0) is 0 Å². The van der Waals surface area contributed by atoms with Gasteiger partial charge in [-0.1, -0.05) is 49.1 Å². The summed E-state index contributed by atoms with van der Waals surface area (Å²) >= 11 is 0. The summed E-state index contributed by atoms with van der Waals surface area (Å²) in [5.41, 5.74) is 1.97. The van der Waals surface area contributed by atoms with Crippen LogP contribution in [0, 0.1) is 11.8 Å². The number of alkyl halides is 2. The third kappa shape index (κ3) is 4.61.